The van der Waals surface area contributed by atoms with E-state index in [4.69, 9.17) is 5.73 Å². The second-order valence-electron chi connectivity index (χ2n) is 6.56. The van der Waals surface area contributed by atoms with E-state index in [1.54, 1.807) is 13.8 Å². The molecular formula is C16H40N4O2. The predicted octanol–water partition coefficient (Wildman–Crippen LogP) is -0.101. The van der Waals surface area contributed by atoms with Crippen molar-refractivity contribution < 1.29 is 10.2 Å². The molecule has 0 amide bonds. The minimum absolute atomic E-state index is 0.330. The highest BCUT2D eigenvalue weighted by atomic mass is 16.3. The minimum Gasteiger partial charge on any atom is -0.392 e. The van der Waals surface area contributed by atoms with Crippen molar-refractivity contribution in [1.29, 1.82) is 0 Å². The van der Waals surface area contributed by atoms with E-state index in [0.717, 1.165) is 39.0 Å². The van der Waals surface area contributed by atoms with Crippen LogP contribution in [0.4, 0.5) is 0 Å². The van der Waals surface area contributed by atoms with Gasteiger partial charge in [0.15, 0.2) is 0 Å². The van der Waals surface area contributed by atoms with Crippen LogP contribution in [-0.4, -0.2) is 105 Å². The summed E-state index contributed by atoms with van der Waals surface area (Å²) in [7, 11) is 8.20. The zero-order valence-corrected chi connectivity index (χ0v) is 15.6. The summed E-state index contributed by atoms with van der Waals surface area (Å²) in [5, 5.41) is 18.6. The topological polar surface area (TPSA) is 76.2 Å². The molecule has 0 aliphatic heterocycles. The van der Waals surface area contributed by atoms with Crippen LogP contribution in [0.25, 0.3) is 0 Å². The van der Waals surface area contributed by atoms with E-state index in [-0.39, 0.29) is 12.2 Å². The summed E-state index contributed by atoms with van der Waals surface area (Å²) in [4.78, 5) is 6.38. The van der Waals surface area contributed by atoms with Crippen LogP contribution >= 0.6 is 0 Å². The number of rotatable bonds is 11. The molecule has 136 valence electrons. The van der Waals surface area contributed by atoms with Gasteiger partial charge in [-0.3, -0.25) is 4.90 Å². The first kappa shape index (κ1) is 24.0. The number of nitrogens with two attached hydrogens (primary N) is 1. The molecule has 0 fully saturated rings. The van der Waals surface area contributed by atoms with E-state index in [2.05, 4.69) is 28.8 Å². The van der Waals surface area contributed by atoms with Crippen LogP contribution in [0.1, 0.15) is 26.7 Å². The largest absolute Gasteiger partial charge is 0.392 e. The lowest BCUT2D eigenvalue weighted by Crippen LogP contribution is -2.37. The summed E-state index contributed by atoms with van der Waals surface area (Å²) in [6.45, 7) is 8.71. The third-order valence-electron chi connectivity index (χ3n) is 2.93. The van der Waals surface area contributed by atoms with E-state index in [1.165, 1.54) is 0 Å². The van der Waals surface area contributed by atoms with Crippen LogP contribution < -0.4 is 5.73 Å². The van der Waals surface area contributed by atoms with Gasteiger partial charge in [-0.2, -0.15) is 0 Å². The maximum absolute atomic E-state index is 9.31. The van der Waals surface area contributed by atoms with Crippen molar-refractivity contribution in [1.82, 2.24) is 14.7 Å². The van der Waals surface area contributed by atoms with E-state index < -0.39 is 0 Å². The quantitative estimate of drug-likeness (QED) is 0.493. The third-order valence-corrected chi connectivity index (χ3v) is 2.93. The molecule has 0 heterocycles. The fourth-order valence-electron chi connectivity index (χ4n) is 2.02. The highest BCUT2D eigenvalue weighted by Gasteiger charge is 2.10. The second kappa shape index (κ2) is 15.6. The van der Waals surface area contributed by atoms with Gasteiger partial charge in [0.2, 0.25) is 0 Å². The van der Waals surface area contributed by atoms with E-state index in [0.29, 0.717) is 13.1 Å². The Hall–Kier alpha value is -0.240. The zero-order valence-electron chi connectivity index (χ0n) is 15.6. The van der Waals surface area contributed by atoms with Crippen molar-refractivity contribution in [3.05, 3.63) is 0 Å². The maximum Gasteiger partial charge on any atom is 0.0639 e. The summed E-state index contributed by atoms with van der Waals surface area (Å²) < 4.78 is 0. The summed E-state index contributed by atoms with van der Waals surface area (Å²) in [6, 6.07) is 0. The Morgan fingerprint density at radius 2 is 1.18 bits per heavy atom. The minimum atomic E-state index is -0.330. The van der Waals surface area contributed by atoms with Gasteiger partial charge in [-0.1, -0.05) is 0 Å². The molecule has 0 spiro atoms. The van der Waals surface area contributed by atoms with Gasteiger partial charge in [0.1, 0.15) is 0 Å². The molecule has 2 atom stereocenters. The fraction of sp³-hybridized carbons (Fsp3) is 1.00. The molecule has 0 aliphatic carbocycles. The monoisotopic (exact) mass is 320 g/mol. The first-order valence-electron chi connectivity index (χ1n) is 8.27. The lowest BCUT2D eigenvalue weighted by atomic mass is 10.2. The van der Waals surface area contributed by atoms with Crippen molar-refractivity contribution in [3.63, 3.8) is 0 Å². The molecule has 6 nitrogen and oxygen atoms in total. The number of aliphatic hydroxyl groups is 2. The molecule has 4 N–H and O–H groups in total. The van der Waals surface area contributed by atoms with Crippen molar-refractivity contribution >= 4 is 0 Å². The summed E-state index contributed by atoms with van der Waals surface area (Å²) >= 11 is 0. The summed E-state index contributed by atoms with van der Waals surface area (Å²) in [5.41, 5.74) is 5.25. The summed E-state index contributed by atoms with van der Waals surface area (Å²) in [6.07, 6.45) is 1.51. The van der Waals surface area contributed by atoms with Gasteiger partial charge >= 0.3 is 0 Å². The fourth-order valence-corrected chi connectivity index (χ4v) is 2.02. The molecule has 6 heteroatoms. The van der Waals surface area contributed by atoms with Gasteiger partial charge in [-0.05, 0) is 81.1 Å². The number of hydrogen-bond acceptors (Lipinski definition) is 6. The molecule has 0 aromatic carbocycles. The average Bonchev–Trinajstić information content (AvgIpc) is 2.35. The van der Waals surface area contributed by atoms with Crippen LogP contribution in [0.2, 0.25) is 0 Å². The van der Waals surface area contributed by atoms with Crippen molar-refractivity contribution in [2.24, 2.45) is 5.73 Å². The van der Waals surface area contributed by atoms with E-state index in [9.17, 15) is 10.2 Å². The molecule has 0 aliphatic rings. The number of aliphatic hydroxyl groups excluding tert-OH is 2. The van der Waals surface area contributed by atoms with Crippen molar-refractivity contribution in [2.45, 2.75) is 38.9 Å². The molecule has 0 aromatic heterocycles. The van der Waals surface area contributed by atoms with Crippen LogP contribution in [0.3, 0.4) is 0 Å². The van der Waals surface area contributed by atoms with Gasteiger partial charge in [0.25, 0.3) is 0 Å². The van der Waals surface area contributed by atoms with Crippen LogP contribution in [0.15, 0.2) is 0 Å². The Kier molecular flexibility index (Phi) is 17.1. The Morgan fingerprint density at radius 1 is 0.773 bits per heavy atom. The Balaban J connectivity index is 0. The molecule has 22 heavy (non-hydrogen) atoms. The Labute approximate surface area is 137 Å². The maximum atomic E-state index is 9.31. The highest BCUT2D eigenvalue weighted by molar-refractivity contribution is 4.65. The smallest absolute Gasteiger partial charge is 0.0639 e. The SMILES string of the molecule is CC(O)CN(CCCN(C)C)CC(C)O.CN(C)CCCN. The highest BCUT2D eigenvalue weighted by Crippen LogP contribution is 1.98. The normalized spacial score (nSPS) is 14.2. The molecular weight excluding hydrogens is 280 g/mol. The zero-order chi connectivity index (χ0) is 17.5. The molecule has 2 unspecified atom stereocenters. The van der Waals surface area contributed by atoms with Crippen LogP contribution in [0.5, 0.6) is 0 Å². The lowest BCUT2D eigenvalue weighted by Gasteiger charge is -2.25. The second-order valence-corrected chi connectivity index (χ2v) is 6.56. The van der Waals surface area contributed by atoms with Gasteiger partial charge in [-0.25, -0.2) is 0 Å². The molecule has 0 radical (unpaired) electrons. The van der Waals surface area contributed by atoms with Crippen LogP contribution in [0, 0.1) is 0 Å². The summed E-state index contributed by atoms with van der Waals surface area (Å²) in [5.74, 6) is 0. The Bertz CT molecular complexity index is 214. The number of hydrogen-bond donors (Lipinski definition) is 3. The first-order valence-corrected chi connectivity index (χ1v) is 8.27. The molecule has 0 bridgehead atoms. The van der Waals surface area contributed by atoms with Gasteiger partial charge in [0.05, 0.1) is 12.2 Å². The molecule has 0 aromatic rings. The van der Waals surface area contributed by atoms with Crippen molar-refractivity contribution in [3.8, 4) is 0 Å². The van der Waals surface area contributed by atoms with Gasteiger partial charge in [0, 0.05) is 13.1 Å². The first-order chi connectivity index (χ1) is 10.2. The van der Waals surface area contributed by atoms with Gasteiger partial charge in [-0.15, -0.1) is 0 Å². The molecule has 0 saturated heterocycles. The number of nitrogens with zero attached hydrogens (tertiary/aromatic N) is 3. The molecule has 0 saturated carbocycles. The standard InChI is InChI=1S/C11H26N2O2.C5H14N2/c1-10(14)8-13(9-11(2)15)7-5-6-12(3)4;1-7(2)5-3-4-6/h10-11,14-15H,5-9H2,1-4H3;3-6H2,1-2H3. The van der Waals surface area contributed by atoms with Crippen LogP contribution in [-0.2, 0) is 0 Å². The van der Waals surface area contributed by atoms with E-state index >= 15 is 0 Å². The molecule has 0 rings (SSSR count). The average molecular weight is 321 g/mol. The third kappa shape index (κ3) is 22.0. The lowest BCUT2D eigenvalue weighted by molar-refractivity contribution is 0.0817. The van der Waals surface area contributed by atoms with Gasteiger partial charge < -0.3 is 25.7 Å². The Morgan fingerprint density at radius 3 is 1.45 bits per heavy atom. The predicted molar refractivity (Wildman–Crippen MR) is 95.2 cm³/mol. The van der Waals surface area contributed by atoms with E-state index in [1.807, 2.05) is 14.1 Å². The van der Waals surface area contributed by atoms with Crippen molar-refractivity contribution in [2.75, 3.05) is 67.5 Å².